The van der Waals surface area contributed by atoms with Gasteiger partial charge in [-0.2, -0.15) is 10.2 Å². The molecule has 7 nitrogen and oxygen atoms in total. The van der Waals surface area contributed by atoms with E-state index in [4.69, 9.17) is 4.74 Å². The lowest BCUT2D eigenvalue weighted by Crippen LogP contribution is -2.19. The topological polar surface area (TPSA) is 99.6 Å². The van der Waals surface area contributed by atoms with Gasteiger partial charge in [0, 0.05) is 11.1 Å². The Morgan fingerprint density at radius 1 is 1.03 bits per heavy atom. The molecule has 4 aromatic rings. The Hall–Kier alpha value is -4.39. The van der Waals surface area contributed by atoms with Crippen LogP contribution in [-0.4, -0.2) is 26.9 Å². The largest absolute Gasteiger partial charge is 0.507 e. The standard InChI is InChI=1S/C25H22N4O3/c1-17(21-9-5-6-10-24(21)30)26-29-25(31)23-15-22(27-28-23)19-11-13-20(14-12-19)32-16-18-7-3-2-4-8-18/h2-15,30H,16H2,1H3,(H,27,28)(H,29,31)/b26-17-. The zero-order valence-corrected chi connectivity index (χ0v) is 17.4. The Labute approximate surface area is 185 Å². The number of hydrogen-bond acceptors (Lipinski definition) is 5. The number of aromatic hydroxyl groups is 1. The van der Waals surface area contributed by atoms with Crippen molar-refractivity contribution in [3.8, 4) is 22.8 Å². The molecule has 0 fully saturated rings. The van der Waals surface area contributed by atoms with Crippen LogP contribution in [0.5, 0.6) is 11.5 Å². The monoisotopic (exact) mass is 426 g/mol. The predicted octanol–water partition coefficient (Wildman–Crippen LogP) is 4.52. The van der Waals surface area contributed by atoms with Crippen molar-refractivity contribution in [2.75, 3.05) is 0 Å². The van der Waals surface area contributed by atoms with Crippen LogP contribution in [-0.2, 0) is 6.61 Å². The van der Waals surface area contributed by atoms with E-state index in [1.807, 2.05) is 54.6 Å². The second kappa shape index (κ2) is 9.61. The van der Waals surface area contributed by atoms with Gasteiger partial charge in [-0.25, -0.2) is 5.43 Å². The number of nitrogens with zero attached hydrogens (tertiary/aromatic N) is 2. The minimum absolute atomic E-state index is 0.100. The fraction of sp³-hybridized carbons (Fsp3) is 0.0800. The third-order valence-electron chi connectivity index (χ3n) is 4.84. The van der Waals surface area contributed by atoms with Crippen molar-refractivity contribution < 1.29 is 14.6 Å². The van der Waals surface area contributed by atoms with Crippen molar-refractivity contribution in [1.29, 1.82) is 0 Å². The first-order chi connectivity index (χ1) is 15.6. The predicted molar refractivity (Wildman–Crippen MR) is 123 cm³/mol. The normalized spacial score (nSPS) is 11.2. The van der Waals surface area contributed by atoms with E-state index in [0.717, 1.165) is 16.9 Å². The lowest BCUT2D eigenvalue weighted by Gasteiger charge is -2.06. The summed E-state index contributed by atoms with van der Waals surface area (Å²) in [7, 11) is 0. The summed E-state index contributed by atoms with van der Waals surface area (Å²) in [5.41, 5.74) is 6.37. The smallest absolute Gasteiger partial charge is 0.289 e. The lowest BCUT2D eigenvalue weighted by atomic mass is 10.1. The highest BCUT2D eigenvalue weighted by atomic mass is 16.5. The summed E-state index contributed by atoms with van der Waals surface area (Å²) in [6, 6.07) is 25.9. The molecule has 0 spiro atoms. The van der Waals surface area contributed by atoms with Crippen molar-refractivity contribution in [3.05, 3.63) is 102 Å². The van der Waals surface area contributed by atoms with E-state index >= 15 is 0 Å². The Morgan fingerprint density at radius 3 is 2.50 bits per heavy atom. The number of aromatic nitrogens is 2. The molecule has 1 amide bonds. The summed E-state index contributed by atoms with van der Waals surface area (Å²) in [5.74, 6) is 0.421. The van der Waals surface area contributed by atoms with Crippen molar-refractivity contribution in [2.45, 2.75) is 13.5 Å². The van der Waals surface area contributed by atoms with Gasteiger partial charge in [0.1, 0.15) is 23.8 Å². The molecule has 0 unspecified atom stereocenters. The third kappa shape index (κ3) is 5.02. The molecular formula is C25H22N4O3. The van der Waals surface area contributed by atoms with Crippen molar-refractivity contribution >= 4 is 11.6 Å². The summed E-state index contributed by atoms with van der Waals surface area (Å²) in [5, 5.41) is 20.9. The molecule has 32 heavy (non-hydrogen) atoms. The van der Waals surface area contributed by atoms with Crippen molar-refractivity contribution in [2.24, 2.45) is 5.10 Å². The molecule has 1 aromatic heterocycles. The minimum atomic E-state index is -0.429. The number of benzene rings is 3. The van der Waals surface area contributed by atoms with Gasteiger partial charge in [0.2, 0.25) is 0 Å². The Kier molecular flexibility index (Phi) is 6.27. The molecule has 3 N–H and O–H groups in total. The highest BCUT2D eigenvalue weighted by Crippen LogP contribution is 2.22. The number of carbonyl (C=O) groups excluding carboxylic acids is 1. The van der Waals surface area contributed by atoms with Gasteiger partial charge in [0.05, 0.1) is 11.4 Å². The molecule has 0 saturated heterocycles. The fourth-order valence-electron chi connectivity index (χ4n) is 3.08. The van der Waals surface area contributed by atoms with E-state index in [2.05, 4.69) is 20.7 Å². The molecule has 4 rings (SSSR count). The van der Waals surface area contributed by atoms with Crippen LogP contribution in [0.4, 0.5) is 0 Å². The summed E-state index contributed by atoms with van der Waals surface area (Å²) in [6.07, 6.45) is 0. The lowest BCUT2D eigenvalue weighted by molar-refractivity contribution is 0.0950. The average molecular weight is 426 g/mol. The molecule has 0 aliphatic rings. The second-order valence-corrected chi connectivity index (χ2v) is 7.12. The first-order valence-corrected chi connectivity index (χ1v) is 10.1. The molecule has 0 radical (unpaired) electrons. The Bertz CT molecular complexity index is 1230. The van der Waals surface area contributed by atoms with Gasteiger partial charge in [-0.15, -0.1) is 0 Å². The van der Waals surface area contributed by atoms with Gasteiger partial charge < -0.3 is 9.84 Å². The number of para-hydroxylation sites is 1. The average Bonchev–Trinajstić information content (AvgIpc) is 3.33. The zero-order chi connectivity index (χ0) is 22.3. The number of nitrogens with one attached hydrogen (secondary N) is 2. The van der Waals surface area contributed by atoms with Gasteiger partial charge in [0.25, 0.3) is 5.91 Å². The third-order valence-corrected chi connectivity index (χ3v) is 4.84. The summed E-state index contributed by atoms with van der Waals surface area (Å²) in [4.78, 5) is 12.4. The zero-order valence-electron chi connectivity index (χ0n) is 17.4. The van der Waals surface area contributed by atoms with Crippen LogP contribution in [0.2, 0.25) is 0 Å². The molecule has 0 bridgehead atoms. The summed E-state index contributed by atoms with van der Waals surface area (Å²) >= 11 is 0. The number of carbonyl (C=O) groups is 1. The SMILES string of the molecule is C/C(=N/NC(=O)c1cc(-c2ccc(OCc3ccccc3)cc2)n[nH]1)c1ccccc1O. The number of phenolic OH excluding ortho intramolecular Hbond substituents is 1. The number of hydrogen-bond donors (Lipinski definition) is 3. The quantitative estimate of drug-likeness (QED) is 0.299. The molecule has 0 aliphatic carbocycles. The van der Waals surface area contributed by atoms with Crippen LogP contribution in [0.1, 0.15) is 28.5 Å². The number of amides is 1. The Balaban J connectivity index is 1.38. The molecule has 1 heterocycles. The van der Waals surface area contributed by atoms with Gasteiger partial charge in [-0.1, -0.05) is 42.5 Å². The maximum absolute atomic E-state index is 12.4. The molecule has 160 valence electrons. The fourth-order valence-corrected chi connectivity index (χ4v) is 3.08. The van der Waals surface area contributed by atoms with E-state index < -0.39 is 5.91 Å². The molecular weight excluding hydrogens is 404 g/mol. The number of ether oxygens (including phenoxy) is 1. The van der Waals surface area contributed by atoms with Gasteiger partial charge >= 0.3 is 0 Å². The number of H-pyrrole nitrogens is 1. The van der Waals surface area contributed by atoms with Crippen LogP contribution in [0, 0.1) is 0 Å². The van der Waals surface area contributed by atoms with E-state index in [0.29, 0.717) is 23.6 Å². The highest BCUT2D eigenvalue weighted by molar-refractivity contribution is 6.02. The number of aromatic amines is 1. The van der Waals surface area contributed by atoms with Crippen LogP contribution < -0.4 is 10.2 Å². The second-order valence-electron chi connectivity index (χ2n) is 7.12. The number of hydrazone groups is 1. The highest BCUT2D eigenvalue weighted by Gasteiger charge is 2.12. The first-order valence-electron chi connectivity index (χ1n) is 10.1. The molecule has 3 aromatic carbocycles. The minimum Gasteiger partial charge on any atom is -0.507 e. The van der Waals surface area contributed by atoms with Gasteiger partial charge in [-0.05, 0) is 55.0 Å². The Morgan fingerprint density at radius 2 is 1.75 bits per heavy atom. The maximum Gasteiger partial charge on any atom is 0.289 e. The van der Waals surface area contributed by atoms with E-state index in [-0.39, 0.29) is 11.4 Å². The van der Waals surface area contributed by atoms with Crippen LogP contribution in [0.3, 0.4) is 0 Å². The molecule has 0 saturated carbocycles. The van der Waals surface area contributed by atoms with Gasteiger partial charge in [-0.3, -0.25) is 9.89 Å². The van der Waals surface area contributed by atoms with E-state index in [1.54, 1.807) is 37.3 Å². The summed E-state index contributed by atoms with van der Waals surface area (Å²) < 4.78 is 5.80. The number of phenols is 1. The molecule has 7 heteroatoms. The molecule has 0 aliphatic heterocycles. The van der Waals surface area contributed by atoms with Crippen molar-refractivity contribution in [1.82, 2.24) is 15.6 Å². The van der Waals surface area contributed by atoms with E-state index in [1.165, 1.54) is 0 Å². The summed E-state index contributed by atoms with van der Waals surface area (Å²) in [6.45, 7) is 2.20. The van der Waals surface area contributed by atoms with E-state index in [9.17, 15) is 9.90 Å². The molecule has 0 atom stereocenters. The first kappa shape index (κ1) is 20.9. The van der Waals surface area contributed by atoms with Crippen molar-refractivity contribution in [3.63, 3.8) is 0 Å². The van der Waals surface area contributed by atoms with Crippen LogP contribution in [0.15, 0.2) is 90.0 Å². The van der Waals surface area contributed by atoms with Crippen LogP contribution >= 0.6 is 0 Å². The van der Waals surface area contributed by atoms with Gasteiger partial charge in [0.15, 0.2) is 0 Å². The maximum atomic E-state index is 12.4. The number of rotatable bonds is 7. The van der Waals surface area contributed by atoms with Crippen LogP contribution in [0.25, 0.3) is 11.3 Å².